The Morgan fingerprint density at radius 2 is 1.79 bits per heavy atom. The van der Waals surface area contributed by atoms with E-state index in [1.54, 1.807) is 28.9 Å². The summed E-state index contributed by atoms with van der Waals surface area (Å²) in [5, 5.41) is 8.27. The number of para-hydroxylation sites is 2. The Morgan fingerprint density at radius 3 is 2.61 bits per heavy atom. The van der Waals surface area contributed by atoms with Crippen LogP contribution in [0.25, 0.3) is 16.6 Å². The van der Waals surface area contributed by atoms with Crippen LogP contribution in [0, 0.1) is 19.7 Å². The molecule has 140 valence electrons. The normalized spacial score (nSPS) is 11.0. The number of nitrogens with one attached hydrogen (secondary N) is 1. The van der Waals surface area contributed by atoms with E-state index in [4.69, 9.17) is 0 Å². The molecule has 0 aliphatic carbocycles. The number of fused-ring (bicyclic) bond motifs is 1. The highest BCUT2D eigenvalue weighted by Gasteiger charge is 2.18. The Morgan fingerprint density at radius 1 is 1.04 bits per heavy atom. The van der Waals surface area contributed by atoms with Crippen LogP contribution in [0.3, 0.4) is 0 Å². The number of amides is 1. The van der Waals surface area contributed by atoms with Crippen molar-refractivity contribution in [3.8, 4) is 5.69 Å². The highest BCUT2D eigenvalue weighted by Crippen LogP contribution is 2.21. The van der Waals surface area contributed by atoms with E-state index in [0.717, 1.165) is 22.2 Å². The zero-order valence-electron chi connectivity index (χ0n) is 15.6. The van der Waals surface area contributed by atoms with Gasteiger partial charge in [-0.15, -0.1) is 0 Å². The molecule has 0 bridgehead atoms. The zero-order chi connectivity index (χ0) is 19.7. The van der Waals surface area contributed by atoms with Crippen molar-refractivity contribution in [3.63, 3.8) is 0 Å². The smallest absolute Gasteiger partial charge is 0.230 e. The number of halogens is 1. The summed E-state index contributed by atoms with van der Waals surface area (Å²) in [6, 6.07) is 17.9. The Bertz CT molecular complexity index is 1180. The summed E-state index contributed by atoms with van der Waals surface area (Å²) in [6.45, 7) is 3.66. The number of benzene rings is 2. The molecule has 2 aromatic carbocycles. The first-order chi connectivity index (χ1) is 13.5. The van der Waals surface area contributed by atoms with Crippen LogP contribution in [0.15, 0.2) is 60.7 Å². The van der Waals surface area contributed by atoms with Crippen LogP contribution >= 0.6 is 0 Å². The first kappa shape index (κ1) is 17.9. The van der Waals surface area contributed by atoms with Gasteiger partial charge in [0.1, 0.15) is 17.3 Å². The van der Waals surface area contributed by atoms with E-state index >= 15 is 0 Å². The minimum atomic E-state index is -0.357. The standard InChI is InChI=1S/C22H19FN4O/c1-14-17(15(2)27(26-14)20-10-6-4-8-18(20)23)13-22(28)25-21-12-11-16-7-3-5-9-19(16)24-21/h3-12H,13H2,1-2H3,(H,24,25,28). The maximum absolute atomic E-state index is 14.1. The largest absolute Gasteiger partial charge is 0.310 e. The lowest BCUT2D eigenvalue weighted by molar-refractivity contribution is -0.115. The molecule has 2 heterocycles. The minimum Gasteiger partial charge on any atom is -0.310 e. The number of pyridine rings is 1. The molecule has 5 nitrogen and oxygen atoms in total. The molecule has 0 radical (unpaired) electrons. The SMILES string of the molecule is Cc1nn(-c2ccccc2F)c(C)c1CC(=O)Nc1ccc2ccccc2n1. The number of aromatic nitrogens is 3. The molecule has 6 heteroatoms. The molecule has 0 atom stereocenters. The molecule has 1 N–H and O–H groups in total. The fourth-order valence-corrected chi connectivity index (χ4v) is 3.27. The van der Waals surface area contributed by atoms with E-state index in [1.807, 2.05) is 44.2 Å². The Balaban J connectivity index is 1.57. The lowest BCUT2D eigenvalue weighted by atomic mass is 10.1. The second kappa shape index (κ2) is 7.23. The molecule has 28 heavy (non-hydrogen) atoms. The summed E-state index contributed by atoms with van der Waals surface area (Å²) in [4.78, 5) is 17.0. The number of aryl methyl sites for hydroxylation is 1. The molecule has 0 aliphatic heterocycles. The molecule has 0 fully saturated rings. The molecule has 2 aromatic heterocycles. The van der Waals surface area contributed by atoms with Crippen molar-refractivity contribution >= 4 is 22.6 Å². The molecule has 0 saturated carbocycles. The van der Waals surface area contributed by atoms with Crippen molar-refractivity contribution in [1.29, 1.82) is 0 Å². The predicted octanol–water partition coefficient (Wildman–Crippen LogP) is 4.36. The molecule has 0 spiro atoms. The third-order valence-electron chi connectivity index (χ3n) is 4.73. The van der Waals surface area contributed by atoms with Gasteiger partial charge < -0.3 is 5.32 Å². The molecule has 0 aliphatic rings. The first-order valence-electron chi connectivity index (χ1n) is 8.98. The minimum absolute atomic E-state index is 0.140. The van der Waals surface area contributed by atoms with Crippen molar-refractivity contribution in [1.82, 2.24) is 14.8 Å². The van der Waals surface area contributed by atoms with E-state index in [2.05, 4.69) is 15.4 Å². The summed E-state index contributed by atoms with van der Waals surface area (Å²) in [6.07, 6.45) is 0.140. The molecule has 4 rings (SSSR count). The van der Waals surface area contributed by atoms with Crippen LogP contribution in [0.4, 0.5) is 10.2 Å². The Labute approximate surface area is 161 Å². The Kier molecular flexibility index (Phi) is 4.61. The third-order valence-corrected chi connectivity index (χ3v) is 4.73. The number of anilines is 1. The van der Waals surface area contributed by atoms with E-state index < -0.39 is 0 Å². The molecule has 0 unspecified atom stereocenters. The molecular formula is C22H19FN4O. The monoisotopic (exact) mass is 374 g/mol. The highest BCUT2D eigenvalue weighted by molar-refractivity contribution is 5.93. The number of rotatable bonds is 4. The summed E-state index contributed by atoms with van der Waals surface area (Å²) >= 11 is 0. The van der Waals surface area contributed by atoms with Crippen LogP contribution in [0.5, 0.6) is 0 Å². The summed E-state index contributed by atoms with van der Waals surface area (Å²) < 4.78 is 15.7. The van der Waals surface area contributed by atoms with Crippen molar-refractivity contribution in [3.05, 3.63) is 83.4 Å². The van der Waals surface area contributed by atoms with Gasteiger partial charge >= 0.3 is 0 Å². The summed E-state index contributed by atoms with van der Waals surface area (Å²) in [5.74, 6) is -0.0490. The quantitative estimate of drug-likeness (QED) is 0.577. The second-order valence-corrected chi connectivity index (χ2v) is 6.63. The Hall–Kier alpha value is -3.54. The lowest BCUT2D eigenvalue weighted by Gasteiger charge is -2.08. The number of carbonyl (C=O) groups is 1. The first-order valence-corrected chi connectivity index (χ1v) is 8.98. The summed E-state index contributed by atoms with van der Waals surface area (Å²) in [5.41, 5.74) is 3.40. The van der Waals surface area contributed by atoms with Crippen molar-refractivity contribution in [2.75, 3.05) is 5.32 Å². The van der Waals surface area contributed by atoms with Gasteiger partial charge in [-0.1, -0.05) is 30.3 Å². The highest BCUT2D eigenvalue weighted by atomic mass is 19.1. The van der Waals surface area contributed by atoms with Crippen molar-refractivity contribution in [2.45, 2.75) is 20.3 Å². The van der Waals surface area contributed by atoms with Gasteiger partial charge in [0.15, 0.2) is 0 Å². The average molecular weight is 374 g/mol. The molecule has 4 aromatic rings. The van der Waals surface area contributed by atoms with Gasteiger partial charge in [-0.05, 0) is 44.2 Å². The zero-order valence-corrected chi connectivity index (χ0v) is 15.6. The molecule has 0 saturated heterocycles. The van der Waals surface area contributed by atoms with Gasteiger partial charge in [-0.2, -0.15) is 5.10 Å². The van der Waals surface area contributed by atoms with Gasteiger partial charge in [-0.25, -0.2) is 14.1 Å². The summed E-state index contributed by atoms with van der Waals surface area (Å²) in [7, 11) is 0. The van der Waals surface area contributed by atoms with Crippen LogP contribution in [-0.2, 0) is 11.2 Å². The maximum Gasteiger partial charge on any atom is 0.230 e. The second-order valence-electron chi connectivity index (χ2n) is 6.63. The fraction of sp³-hybridized carbons (Fsp3) is 0.136. The van der Waals surface area contributed by atoms with Crippen molar-refractivity contribution in [2.24, 2.45) is 0 Å². The van der Waals surface area contributed by atoms with Crippen LogP contribution in [0.1, 0.15) is 17.0 Å². The number of nitrogens with zero attached hydrogens (tertiary/aromatic N) is 3. The topological polar surface area (TPSA) is 59.8 Å². The number of hydrogen-bond acceptors (Lipinski definition) is 3. The van der Waals surface area contributed by atoms with Gasteiger partial charge in [0.2, 0.25) is 5.91 Å². The van der Waals surface area contributed by atoms with Crippen LogP contribution in [-0.4, -0.2) is 20.7 Å². The van der Waals surface area contributed by atoms with Gasteiger partial charge in [-0.3, -0.25) is 4.79 Å². The maximum atomic E-state index is 14.1. The average Bonchev–Trinajstić information content (AvgIpc) is 2.96. The van der Waals surface area contributed by atoms with Gasteiger partial charge in [0.05, 0.1) is 17.6 Å². The van der Waals surface area contributed by atoms with E-state index in [9.17, 15) is 9.18 Å². The molecule has 1 amide bonds. The van der Waals surface area contributed by atoms with E-state index in [1.165, 1.54) is 6.07 Å². The molecular weight excluding hydrogens is 355 g/mol. The van der Waals surface area contributed by atoms with Gasteiger partial charge in [0.25, 0.3) is 0 Å². The van der Waals surface area contributed by atoms with Gasteiger partial charge in [0, 0.05) is 16.6 Å². The lowest BCUT2D eigenvalue weighted by Crippen LogP contribution is -2.16. The number of hydrogen-bond donors (Lipinski definition) is 1. The van der Waals surface area contributed by atoms with Crippen molar-refractivity contribution < 1.29 is 9.18 Å². The van der Waals surface area contributed by atoms with Crippen LogP contribution in [0.2, 0.25) is 0 Å². The fourth-order valence-electron chi connectivity index (χ4n) is 3.27. The third kappa shape index (κ3) is 3.36. The van der Waals surface area contributed by atoms with E-state index in [0.29, 0.717) is 17.2 Å². The van der Waals surface area contributed by atoms with Crippen LogP contribution < -0.4 is 5.32 Å². The van der Waals surface area contributed by atoms with E-state index in [-0.39, 0.29) is 18.1 Å². The number of carbonyl (C=O) groups excluding carboxylic acids is 1. The predicted molar refractivity (Wildman–Crippen MR) is 107 cm³/mol.